The SMILES string of the molecule is Cc1cc(NS(=O)(=O)c2ccc(NC(=O)C=Cc3ccc(Cl)cc3Cl)cc2)no1. The third kappa shape index (κ3) is 5.60. The van der Waals surface area contributed by atoms with E-state index in [4.69, 9.17) is 27.7 Å². The van der Waals surface area contributed by atoms with Crippen LogP contribution < -0.4 is 10.0 Å². The molecular formula is C19H15Cl2N3O4S. The number of nitrogens with one attached hydrogen (secondary N) is 2. The standard InChI is InChI=1S/C19H15Cl2N3O4S/c1-12-10-18(23-28-12)24-29(26,27)16-7-5-15(6-8-16)22-19(25)9-3-13-2-4-14(20)11-17(13)21/h2-11H,1H3,(H,22,25)(H,23,24). The van der Waals surface area contributed by atoms with Crippen molar-refractivity contribution in [1.82, 2.24) is 5.16 Å². The zero-order chi connectivity index (χ0) is 21.0. The van der Waals surface area contributed by atoms with E-state index in [-0.39, 0.29) is 10.7 Å². The average molecular weight is 452 g/mol. The number of anilines is 2. The van der Waals surface area contributed by atoms with E-state index in [2.05, 4.69) is 15.2 Å². The first kappa shape index (κ1) is 20.9. The molecule has 0 unspecified atom stereocenters. The van der Waals surface area contributed by atoms with Crippen LogP contribution in [0.25, 0.3) is 6.08 Å². The molecule has 0 fully saturated rings. The van der Waals surface area contributed by atoms with Crippen LogP contribution in [0.4, 0.5) is 11.5 Å². The second-order valence-electron chi connectivity index (χ2n) is 5.94. The van der Waals surface area contributed by atoms with E-state index in [1.807, 2.05) is 0 Å². The number of sulfonamides is 1. The molecule has 150 valence electrons. The highest BCUT2D eigenvalue weighted by molar-refractivity contribution is 7.92. The summed E-state index contributed by atoms with van der Waals surface area (Å²) < 4.78 is 31.8. The van der Waals surface area contributed by atoms with Crippen molar-refractivity contribution in [1.29, 1.82) is 0 Å². The number of amides is 1. The maximum atomic E-state index is 12.3. The van der Waals surface area contributed by atoms with Crippen molar-refractivity contribution >= 4 is 56.7 Å². The molecule has 10 heteroatoms. The van der Waals surface area contributed by atoms with Gasteiger partial charge in [-0.3, -0.25) is 9.52 Å². The lowest BCUT2D eigenvalue weighted by molar-refractivity contribution is -0.111. The maximum Gasteiger partial charge on any atom is 0.263 e. The minimum absolute atomic E-state index is 0.0136. The summed E-state index contributed by atoms with van der Waals surface area (Å²) >= 11 is 11.9. The Morgan fingerprint density at radius 3 is 2.45 bits per heavy atom. The van der Waals surface area contributed by atoms with Crippen molar-refractivity contribution < 1.29 is 17.7 Å². The van der Waals surface area contributed by atoms with Crippen LogP contribution in [0.15, 0.2) is 64.0 Å². The molecule has 0 aliphatic carbocycles. The Labute approximate surface area is 177 Å². The molecule has 0 radical (unpaired) electrons. The molecule has 29 heavy (non-hydrogen) atoms. The summed E-state index contributed by atoms with van der Waals surface area (Å²) in [6.07, 6.45) is 2.87. The first-order valence-electron chi connectivity index (χ1n) is 8.23. The van der Waals surface area contributed by atoms with Crippen LogP contribution in [0, 0.1) is 6.92 Å². The minimum atomic E-state index is -3.82. The summed E-state index contributed by atoms with van der Waals surface area (Å²) in [5.41, 5.74) is 1.07. The predicted molar refractivity (Wildman–Crippen MR) is 113 cm³/mol. The number of aryl methyl sites for hydroxylation is 1. The molecular weight excluding hydrogens is 437 g/mol. The topological polar surface area (TPSA) is 101 Å². The van der Waals surface area contributed by atoms with Crippen molar-refractivity contribution in [3.05, 3.63) is 76.0 Å². The highest BCUT2D eigenvalue weighted by atomic mass is 35.5. The molecule has 0 saturated heterocycles. The number of carbonyl (C=O) groups excluding carboxylic acids is 1. The van der Waals surface area contributed by atoms with Gasteiger partial charge < -0.3 is 9.84 Å². The minimum Gasteiger partial charge on any atom is -0.360 e. The van der Waals surface area contributed by atoms with E-state index in [0.29, 0.717) is 27.1 Å². The summed E-state index contributed by atoms with van der Waals surface area (Å²) in [7, 11) is -3.82. The summed E-state index contributed by atoms with van der Waals surface area (Å²) in [4.78, 5) is 12.1. The molecule has 1 aromatic heterocycles. The van der Waals surface area contributed by atoms with Gasteiger partial charge in [-0.05, 0) is 55.0 Å². The van der Waals surface area contributed by atoms with Crippen molar-refractivity contribution in [3.63, 3.8) is 0 Å². The molecule has 1 heterocycles. The number of aromatic nitrogens is 1. The van der Waals surface area contributed by atoms with E-state index in [1.54, 1.807) is 31.2 Å². The summed E-state index contributed by atoms with van der Waals surface area (Å²) in [5, 5.41) is 7.15. The lowest BCUT2D eigenvalue weighted by Gasteiger charge is -2.07. The number of halogens is 2. The van der Waals surface area contributed by atoms with Gasteiger partial charge in [0.15, 0.2) is 5.82 Å². The van der Waals surface area contributed by atoms with E-state index in [9.17, 15) is 13.2 Å². The first-order chi connectivity index (χ1) is 13.7. The van der Waals surface area contributed by atoms with Gasteiger partial charge in [0.2, 0.25) is 5.91 Å². The highest BCUT2D eigenvalue weighted by Gasteiger charge is 2.16. The van der Waals surface area contributed by atoms with E-state index in [1.165, 1.54) is 36.4 Å². The molecule has 0 bridgehead atoms. The van der Waals surface area contributed by atoms with Crippen LogP contribution in [0.3, 0.4) is 0 Å². The van der Waals surface area contributed by atoms with Crippen LogP contribution in [-0.2, 0) is 14.8 Å². The third-order valence-electron chi connectivity index (χ3n) is 3.68. The van der Waals surface area contributed by atoms with Crippen LogP contribution in [0.2, 0.25) is 10.0 Å². The Balaban J connectivity index is 1.65. The van der Waals surface area contributed by atoms with Gasteiger partial charge in [-0.15, -0.1) is 0 Å². The maximum absolute atomic E-state index is 12.3. The van der Waals surface area contributed by atoms with Crippen molar-refractivity contribution in [2.45, 2.75) is 11.8 Å². The fraction of sp³-hybridized carbons (Fsp3) is 0.0526. The Kier molecular flexibility index (Phi) is 6.26. The molecule has 3 aromatic rings. The highest BCUT2D eigenvalue weighted by Crippen LogP contribution is 2.22. The van der Waals surface area contributed by atoms with Crippen LogP contribution in [-0.4, -0.2) is 19.5 Å². The molecule has 1 amide bonds. The number of carbonyl (C=O) groups is 1. The number of nitrogens with zero attached hydrogens (tertiary/aromatic N) is 1. The van der Waals surface area contributed by atoms with Gasteiger partial charge in [-0.25, -0.2) is 8.42 Å². The molecule has 3 rings (SSSR count). The smallest absolute Gasteiger partial charge is 0.263 e. The quantitative estimate of drug-likeness (QED) is 0.526. The molecule has 2 aromatic carbocycles. The molecule has 7 nitrogen and oxygen atoms in total. The van der Waals surface area contributed by atoms with Crippen molar-refractivity contribution in [3.8, 4) is 0 Å². The Morgan fingerprint density at radius 1 is 1.10 bits per heavy atom. The van der Waals surface area contributed by atoms with Gasteiger partial charge in [0.25, 0.3) is 10.0 Å². The van der Waals surface area contributed by atoms with Crippen LogP contribution in [0.1, 0.15) is 11.3 Å². The predicted octanol–water partition coefficient (Wildman–Crippen LogP) is 4.74. The largest absolute Gasteiger partial charge is 0.360 e. The summed E-state index contributed by atoms with van der Waals surface area (Å²) in [5.74, 6) is 0.169. The number of rotatable bonds is 6. The lowest BCUT2D eigenvalue weighted by atomic mass is 10.2. The molecule has 2 N–H and O–H groups in total. The fourth-order valence-corrected chi connectivity index (χ4v) is 3.77. The zero-order valence-corrected chi connectivity index (χ0v) is 17.3. The van der Waals surface area contributed by atoms with Gasteiger partial charge in [-0.1, -0.05) is 34.4 Å². The third-order valence-corrected chi connectivity index (χ3v) is 5.61. The van der Waals surface area contributed by atoms with E-state index in [0.717, 1.165) is 0 Å². The Morgan fingerprint density at radius 2 is 1.83 bits per heavy atom. The molecule has 0 saturated carbocycles. The number of benzene rings is 2. The summed E-state index contributed by atoms with van der Waals surface area (Å²) in [6, 6.07) is 12.1. The number of hydrogen-bond acceptors (Lipinski definition) is 5. The Hall–Kier alpha value is -2.81. The monoisotopic (exact) mass is 451 g/mol. The average Bonchev–Trinajstić information content (AvgIpc) is 3.05. The fourth-order valence-electron chi connectivity index (χ4n) is 2.31. The van der Waals surface area contributed by atoms with Crippen molar-refractivity contribution in [2.75, 3.05) is 10.0 Å². The van der Waals surface area contributed by atoms with E-state index >= 15 is 0 Å². The van der Waals surface area contributed by atoms with E-state index < -0.39 is 15.9 Å². The first-order valence-corrected chi connectivity index (χ1v) is 10.5. The Bertz CT molecular complexity index is 1170. The molecule has 0 spiro atoms. The van der Waals surface area contributed by atoms with Gasteiger partial charge >= 0.3 is 0 Å². The normalized spacial score (nSPS) is 11.6. The molecule has 0 aliphatic heterocycles. The van der Waals surface area contributed by atoms with Gasteiger partial charge in [0.05, 0.1) is 4.90 Å². The molecule has 0 atom stereocenters. The van der Waals surface area contributed by atoms with Crippen molar-refractivity contribution in [2.24, 2.45) is 0 Å². The zero-order valence-electron chi connectivity index (χ0n) is 15.0. The van der Waals surface area contributed by atoms with Crippen LogP contribution >= 0.6 is 23.2 Å². The second kappa shape index (κ2) is 8.69. The number of hydrogen-bond donors (Lipinski definition) is 2. The second-order valence-corrected chi connectivity index (χ2v) is 8.47. The lowest BCUT2D eigenvalue weighted by Crippen LogP contribution is -2.13. The molecule has 0 aliphatic rings. The summed E-state index contributed by atoms with van der Waals surface area (Å²) in [6.45, 7) is 1.65. The van der Waals surface area contributed by atoms with Gasteiger partial charge in [0, 0.05) is 27.9 Å². The van der Waals surface area contributed by atoms with Gasteiger partial charge in [0.1, 0.15) is 5.76 Å². The van der Waals surface area contributed by atoms with Crippen LogP contribution in [0.5, 0.6) is 0 Å². The van der Waals surface area contributed by atoms with Gasteiger partial charge in [-0.2, -0.15) is 0 Å².